The third kappa shape index (κ3) is 3.65. The van der Waals surface area contributed by atoms with Crippen LogP contribution in [-0.4, -0.2) is 57.6 Å². The van der Waals surface area contributed by atoms with E-state index in [9.17, 15) is 20.4 Å². The molecule has 5 atom stereocenters. The van der Waals surface area contributed by atoms with Crippen LogP contribution in [0.15, 0.2) is 54.6 Å². The SMILES string of the molecule is Cc1ccc(-c2ccc(Cc3cc([C@@]45OC[C@@](CO)(O4)[C@@H](O)[C@H](O)[C@H]5O)ccc3C)s2)cc1. The van der Waals surface area contributed by atoms with E-state index in [-0.39, 0.29) is 6.61 Å². The molecule has 3 heterocycles. The lowest BCUT2D eigenvalue weighted by molar-refractivity contribution is -0.329. The molecule has 2 bridgehead atoms. The van der Waals surface area contributed by atoms with Gasteiger partial charge >= 0.3 is 0 Å². The molecule has 2 saturated heterocycles. The van der Waals surface area contributed by atoms with Crippen LogP contribution in [-0.2, 0) is 21.7 Å². The lowest BCUT2D eigenvalue weighted by Crippen LogP contribution is -2.65. The summed E-state index contributed by atoms with van der Waals surface area (Å²) in [5.41, 5.74) is 3.62. The van der Waals surface area contributed by atoms with Crippen molar-refractivity contribution in [1.29, 1.82) is 0 Å². The molecular weight excluding hydrogens is 440 g/mol. The maximum Gasteiger partial charge on any atom is 0.225 e. The van der Waals surface area contributed by atoms with Crippen LogP contribution in [0.2, 0.25) is 0 Å². The molecule has 4 N–H and O–H groups in total. The van der Waals surface area contributed by atoms with Crippen LogP contribution < -0.4 is 0 Å². The number of hydrogen-bond acceptors (Lipinski definition) is 7. The van der Waals surface area contributed by atoms with Gasteiger partial charge in [-0.1, -0.05) is 42.0 Å². The third-order valence-corrected chi connectivity index (χ3v) is 7.98. The summed E-state index contributed by atoms with van der Waals surface area (Å²) in [7, 11) is 0. The van der Waals surface area contributed by atoms with Crippen LogP contribution in [0.25, 0.3) is 10.4 Å². The molecule has 2 aliphatic rings. The Bertz CT molecular complexity index is 1160. The van der Waals surface area contributed by atoms with Gasteiger partial charge in [0.05, 0.1) is 13.2 Å². The summed E-state index contributed by atoms with van der Waals surface area (Å²) >= 11 is 1.74. The molecule has 174 valence electrons. The number of benzene rings is 2. The van der Waals surface area contributed by atoms with E-state index in [2.05, 4.69) is 43.3 Å². The molecule has 0 spiro atoms. The summed E-state index contributed by atoms with van der Waals surface area (Å²) in [5.74, 6) is -1.65. The zero-order chi connectivity index (χ0) is 23.4. The van der Waals surface area contributed by atoms with Crippen molar-refractivity contribution in [3.05, 3.63) is 81.7 Å². The summed E-state index contributed by atoms with van der Waals surface area (Å²) < 4.78 is 11.9. The average Bonchev–Trinajstić information content (AvgIpc) is 3.44. The molecule has 2 aromatic carbocycles. The molecule has 7 heteroatoms. The van der Waals surface area contributed by atoms with Crippen molar-refractivity contribution in [3.63, 3.8) is 0 Å². The maximum absolute atomic E-state index is 10.8. The number of hydrogen-bond donors (Lipinski definition) is 4. The molecule has 5 rings (SSSR count). The van der Waals surface area contributed by atoms with Crippen LogP contribution in [0.3, 0.4) is 0 Å². The van der Waals surface area contributed by atoms with E-state index in [0.29, 0.717) is 12.0 Å². The van der Waals surface area contributed by atoms with Crippen molar-refractivity contribution in [2.75, 3.05) is 13.2 Å². The summed E-state index contributed by atoms with van der Waals surface area (Å²) in [5, 5.41) is 41.5. The van der Waals surface area contributed by atoms with E-state index in [4.69, 9.17) is 9.47 Å². The third-order valence-electron chi connectivity index (χ3n) is 6.84. The second-order valence-electron chi connectivity index (χ2n) is 9.11. The zero-order valence-electron chi connectivity index (χ0n) is 18.6. The Morgan fingerprint density at radius 2 is 1.73 bits per heavy atom. The van der Waals surface area contributed by atoms with Crippen molar-refractivity contribution >= 4 is 11.3 Å². The standard InChI is InChI=1S/C26H28O6S/c1-15-3-6-17(7-4-15)21-10-9-20(33-21)12-18-11-19(8-5-16(18)2)26-24(30)22(28)23(29)25(13-27,32-26)14-31-26/h3-11,22-24,27-30H,12-14H2,1-2H3/t22-,23-,24+,25+,26+/m0/s1. The molecule has 0 radical (unpaired) electrons. The van der Waals surface area contributed by atoms with Gasteiger partial charge in [0.1, 0.15) is 23.9 Å². The summed E-state index contributed by atoms with van der Waals surface area (Å²) in [6.45, 7) is 3.43. The van der Waals surface area contributed by atoms with Crippen molar-refractivity contribution in [2.45, 2.75) is 50.0 Å². The zero-order valence-corrected chi connectivity index (χ0v) is 19.4. The molecule has 0 unspecified atom stereocenters. The fourth-order valence-electron chi connectivity index (χ4n) is 4.69. The van der Waals surface area contributed by atoms with Crippen molar-refractivity contribution in [3.8, 4) is 10.4 Å². The van der Waals surface area contributed by atoms with Crippen molar-refractivity contribution < 1.29 is 29.9 Å². The van der Waals surface area contributed by atoms with E-state index in [1.807, 2.05) is 19.1 Å². The molecule has 0 amide bonds. The quantitative estimate of drug-likeness (QED) is 0.460. The monoisotopic (exact) mass is 468 g/mol. The van der Waals surface area contributed by atoms with E-state index in [1.165, 1.54) is 20.9 Å². The Hall–Kier alpha value is -2.10. The van der Waals surface area contributed by atoms with Gasteiger partial charge < -0.3 is 29.9 Å². The van der Waals surface area contributed by atoms with E-state index in [1.54, 1.807) is 17.4 Å². The van der Waals surface area contributed by atoms with Gasteiger partial charge in [-0.25, -0.2) is 0 Å². The second-order valence-corrected chi connectivity index (χ2v) is 10.3. The van der Waals surface area contributed by atoms with E-state index in [0.717, 1.165) is 11.1 Å². The maximum atomic E-state index is 10.8. The van der Waals surface area contributed by atoms with Crippen LogP contribution in [0.5, 0.6) is 0 Å². The second kappa shape index (κ2) is 8.29. The van der Waals surface area contributed by atoms with Gasteiger partial charge in [0.15, 0.2) is 0 Å². The highest BCUT2D eigenvalue weighted by Crippen LogP contribution is 2.49. The minimum absolute atomic E-state index is 0.132. The van der Waals surface area contributed by atoms with Gasteiger partial charge in [0.25, 0.3) is 0 Å². The van der Waals surface area contributed by atoms with Gasteiger partial charge in [-0.3, -0.25) is 0 Å². The lowest BCUT2D eigenvalue weighted by atomic mass is 9.83. The summed E-state index contributed by atoms with van der Waals surface area (Å²) in [4.78, 5) is 2.40. The van der Waals surface area contributed by atoms with Gasteiger partial charge in [0, 0.05) is 21.7 Å². The smallest absolute Gasteiger partial charge is 0.225 e. The van der Waals surface area contributed by atoms with Gasteiger partial charge in [0.2, 0.25) is 5.79 Å². The van der Waals surface area contributed by atoms with Gasteiger partial charge in [-0.05, 0) is 48.7 Å². The molecule has 0 aliphatic carbocycles. The molecular formula is C26H28O6S. The summed E-state index contributed by atoms with van der Waals surface area (Å²) in [6, 6.07) is 18.4. The Morgan fingerprint density at radius 3 is 2.45 bits per heavy atom. The highest BCUT2D eigenvalue weighted by molar-refractivity contribution is 7.15. The number of aliphatic hydroxyl groups is 4. The largest absolute Gasteiger partial charge is 0.393 e. The highest BCUT2D eigenvalue weighted by Gasteiger charge is 2.67. The van der Waals surface area contributed by atoms with Crippen LogP contribution >= 0.6 is 11.3 Å². The number of ether oxygens (including phenoxy) is 2. The number of fused-ring (bicyclic) bond motifs is 2. The number of aryl methyl sites for hydroxylation is 2. The van der Waals surface area contributed by atoms with E-state index < -0.39 is 36.3 Å². The first-order valence-corrected chi connectivity index (χ1v) is 11.8. The lowest BCUT2D eigenvalue weighted by Gasteiger charge is -2.46. The minimum Gasteiger partial charge on any atom is -0.393 e. The number of thiophene rings is 1. The van der Waals surface area contributed by atoms with Crippen LogP contribution in [0, 0.1) is 13.8 Å². The first-order chi connectivity index (χ1) is 15.8. The Balaban J connectivity index is 1.45. The first kappa shape index (κ1) is 22.7. The number of aliphatic hydroxyl groups excluding tert-OH is 4. The number of rotatable bonds is 5. The van der Waals surface area contributed by atoms with Crippen LogP contribution in [0.4, 0.5) is 0 Å². The fraction of sp³-hybridized carbons (Fsp3) is 0.385. The van der Waals surface area contributed by atoms with Gasteiger partial charge in [-0.2, -0.15) is 0 Å². The van der Waals surface area contributed by atoms with Crippen molar-refractivity contribution in [2.24, 2.45) is 0 Å². The first-order valence-electron chi connectivity index (χ1n) is 11.0. The van der Waals surface area contributed by atoms with Crippen molar-refractivity contribution in [1.82, 2.24) is 0 Å². The van der Waals surface area contributed by atoms with Crippen LogP contribution in [0.1, 0.15) is 27.1 Å². The normalized spacial score (nSPS) is 31.2. The molecule has 33 heavy (non-hydrogen) atoms. The molecule has 0 saturated carbocycles. The Labute approximate surface area is 196 Å². The molecule has 2 fully saturated rings. The molecule has 6 nitrogen and oxygen atoms in total. The topological polar surface area (TPSA) is 99.4 Å². The van der Waals surface area contributed by atoms with E-state index >= 15 is 0 Å². The minimum atomic E-state index is -1.65. The molecule has 3 aromatic rings. The fourth-order valence-corrected chi connectivity index (χ4v) is 5.72. The summed E-state index contributed by atoms with van der Waals surface area (Å²) in [6.07, 6.45) is -3.77. The van der Waals surface area contributed by atoms with Gasteiger partial charge in [-0.15, -0.1) is 11.3 Å². The predicted octanol–water partition coefficient (Wildman–Crippen LogP) is 2.65. The molecule has 2 aliphatic heterocycles. The molecule has 1 aromatic heterocycles. The average molecular weight is 469 g/mol. The predicted molar refractivity (Wildman–Crippen MR) is 125 cm³/mol. The Morgan fingerprint density at radius 1 is 0.970 bits per heavy atom. The Kier molecular flexibility index (Phi) is 5.69. The highest BCUT2D eigenvalue weighted by atomic mass is 32.1.